The Kier molecular flexibility index (Phi) is 6.17. The number of amides is 1. The quantitative estimate of drug-likeness (QED) is 0.675. The summed E-state index contributed by atoms with van der Waals surface area (Å²) in [4.78, 5) is 14.4. The first-order valence-corrected chi connectivity index (χ1v) is 7.66. The van der Waals surface area contributed by atoms with Crippen LogP contribution in [0.15, 0.2) is 24.3 Å². The molecule has 0 radical (unpaired) electrons. The molecule has 5 heteroatoms. The average molecular weight is 291 g/mol. The van der Waals surface area contributed by atoms with Crippen molar-refractivity contribution < 1.29 is 9.90 Å². The Bertz CT molecular complexity index is 461. The molecule has 0 aliphatic heterocycles. The molecule has 21 heavy (non-hydrogen) atoms. The summed E-state index contributed by atoms with van der Waals surface area (Å²) in [5.41, 5.74) is 7.40. The smallest absolute Gasteiger partial charge is 0.238 e. The number of hydrogen-bond donors (Lipinski definition) is 3. The van der Waals surface area contributed by atoms with E-state index in [0.29, 0.717) is 25.6 Å². The van der Waals surface area contributed by atoms with Crippen molar-refractivity contribution in [1.29, 1.82) is 0 Å². The lowest BCUT2D eigenvalue weighted by atomic mass is 9.91. The third-order valence-electron chi connectivity index (χ3n) is 3.99. The van der Waals surface area contributed by atoms with Crippen LogP contribution >= 0.6 is 0 Å². The zero-order valence-corrected chi connectivity index (χ0v) is 12.4. The van der Waals surface area contributed by atoms with Crippen molar-refractivity contribution in [3.8, 4) is 0 Å². The Morgan fingerprint density at radius 1 is 1.43 bits per heavy atom. The largest absolute Gasteiger partial charge is 0.396 e. The van der Waals surface area contributed by atoms with Crippen molar-refractivity contribution in [3.05, 3.63) is 29.8 Å². The van der Waals surface area contributed by atoms with Gasteiger partial charge in [-0.25, -0.2) is 0 Å². The van der Waals surface area contributed by atoms with Crippen molar-refractivity contribution in [2.24, 2.45) is 5.73 Å². The molecule has 1 aliphatic carbocycles. The third-order valence-corrected chi connectivity index (χ3v) is 3.99. The van der Waals surface area contributed by atoms with Crippen LogP contribution in [0.25, 0.3) is 0 Å². The maximum atomic E-state index is 12.2. The van der Waals surface area contributed by atoms with E-state index in [1.807, 2.05) is 24.3 Å². The van der Waals surface area contributed by atoms with Crippen LogP contribution in [0.1, 0.15) is 31.2 Å². The summed E-state index contributed by atoms with van der Waals surface area (Å²) in [6, 6.07) is 8.11. The highest BCUT2D eigenvalue weighted by Crippen LogP contribution is 2.24. The molecule has 116 valence electrons. The molecule has 1 aliphatic rings. The molecule has 4 N–H and O–H groups in total. The highest BCUT2D eigenvalue weighted by Gasteiger charge is 2.25. The van der Waals surface area contributed by atoms with E-state index in [4.69, 9.17) is 10.8 Å². The minimum Gasteiger partial charge on any atom is -0.396 e. The van der Waals surface area contributed by atoms with Crippen molar-refractivity contribution in [2.75, 3.05) is 25.0 Å². The lowest BCUT2D eigenvalue weighted by Gasteiger charge is -2.37. The van der Waals surface area contributed by atoms with Crippen LogP contribution in [0.4, 0.5) is 5.69 Å². The number of aliphatic hydroxyl groups is 1. The van der Waals surface area contributed by atoms with E-state index < -0.39 is 0 Å². The molecule has 1 aromatic rings. The second-order valence-electron chi connectivity index (χ2n) is 5.59. The summed E-state index contributed by atoms with van der Waals surface area (Å²) in [6.45, 7) is 1.80. The summed E-state index contributed by atoms with van der Waals surface area (Å²) >= 11 is 0. The highest BCUT2D eigenvalue weighted by atomic mass is 16.3. The summed E-state index contributed by atoms with van der Waals surface area (Å²) < 4.78 is 0. The van der Waals surface area contributed by atoms with E-state index in [1.54, 1.807) is 0 Å². The van der Waals surface area contributed by atoms with Crippen LogP contribution < -0.4 is 11.1 Å². The molecular formula is C16H25N3O2. The SMILES string of the molecule is NCc1cccc(NC(=O)CN(CCCO)C2CCC2)c1. The van der Waals surface area contributed by atoms with Gasteiger partial charge in [0.15, 0.2) is 0 Å². The minimum absolute atomic E-state index is 0.00555. The summed E-state index contributed by atoms with van der Waals surface area (Å²) in [6.07, 6.45) is 4.26. The van der Waals surface area contributed by atoms with E-state index in [0.717, 1.165) is 30.6 Å². The average Bonchev–Trinajstić information content (AvgIpc) is 2.43. The fourth-order valence-electron chi connectivity index (χ4n) is 2.58. The number of nitrogens with two attached hydrogens (primary N) is 1. The van der Waals surface area contributed by atoms with Crippen molar-refractivity contribution in [3.63, 3.8) is 0 Å². The van der Waals surface area contributed by atoms with Crippen LogP contribution in [-0.2, 0) is 11.3 Å². The molecule has 0 bridgehead atoms. The van der Waals surface area contributed by atoms with Gasteiger partial charge in [-0.1, -0.05) is 18.6 Å². The van der Waals surface area contributed by atoms with Crippen molar-refractivity contribution >= 4 is 11.6 Å². The predicted octanol–water partition coefficient (Wildman–Crippen LogP) is 1.32. The monoisotopic (exact) mass is 291 g/mol. The molecule has 1 fully saturated rings. The van der Waals surface area contributed by atoms with E-state index in [2.05, 4.69) is 10.2 Å². The lowest BCUT2D eigenvalue weighted by molar-refractivity contribution is -0.118. The Morgan fingerprint density at radius 3 is 2.86 bits per heavy atom. The van der Waals surface area contributed by atoms with Crippen LogP contribution in [0.3, 0.4) is 0 Å². The maximum Gasteiger partial charge on any atom is 0.238 e. The number of carbonyl (C=O) groups excluding carboxylic acids is 1. The molecule has 2 rings (SSSR count). The van der Waals surface area contributed by atoms with Gasteiger partial charge in [0.2, 0.25) is 5.91 Å². The van der Waals surface area contributed by atoms with Crippen LogP contribution in [-0.4, -0.2) is 41.7 Å². The second kappa shape index (κ2) is 8.12. The fourth-order valence-corrected chi connectivity index (χ4v) is 2.58. The standard InChI is InChI=1S/C16H25N3O2/c17-11-13-4-1-5-14(10-13)18-16(21)12-19(8-3-9-20)15-6-2-7-15/h1,4-5,10,15,20H,2-3,6-9,11-12,17H2,(H,18,21). The molecule has 1 amide bonds. The van der Waals surface area contributed by atoms with Gasteiger partial charge < -0.3 is 16.2 Å². The predicted molar refractivity (Wildman–Crippen MR) is 83.9 cm³/mol. The van der Waals surface area contributed by atoms with Gasteiger partial charge in [0, 0.05) is 31.4 Å². The van der Waals surface area contributed by atoms with E-state index in [-0.39, 0.29) is 12.5 Å². The first kappa shape index (κ1) is 15.9. The van der Waals surface area contributed by atoms with E-state index >= 15 is 0 Å². The number of nitrogens with zero attached hydrogens (tertiary/aromatic N) is 1. The second-order valence-corrected chi connectivity index (χ2v) is 5.59. The Morgan fingerprint density at radius 2 is 2.24 bits per heavy atom. The minimum atomic E-state index is -0.00555. The highest BCUT2D eigenvalue weighted by molar-refractivity contribution is 5.92. The number of benzene rings is 1. The van der Waals surface area contributed by atoms with Gasteiger partial charge in [-0.05, 0) is 37.0 Å². The van der Waals surface area contributed by atoms with Gasteiger partial charge in [0.05, 0.1) is 6.54 Å². The third kappa shape index (κ3) is 4.81. The Labute approximate surface area is 126 Å². The molecule has 0 unspecified atom stereocenters. The van der Waals surface area contributed by atoms with E-state index in [9.17, 15) is 4.79 Å². The van der Waals surface area contributed by atoms with Gasteiger partial charge in [-0.3, -0.25) is 9.69 Å². The van der Waals surface area contributed by atoms with Crippen molar-refractivity contribution in [2.45, 2.75) is 38.3 Å². The number of hydrogen-bond acceptors (Lipinski definition) is 4. The van der Waals surface area contributed by atoms with Crippen molar-refractivity contribution in [1.82, 2.24) is 4.90 Å². The van der Waals surface area contributed by atoms with Gasteiger partial charge in [-0.2, -0.15) is 0 Å². The molecule has 0 spiro atoms. The zero-order chi connectivity index (χ0) is 15.1. The van der Waals surface area contributed by atoms with E-state index in [1.165, 1.54) is 6.42 Å². The zero-order valence-electron chi connectivity index (χ0n) is 12.4. The van der Waals surface area contributed by atoms with Gasteiger partial charge in [0.1, 0.15) is 0 Å². The normalized spacial score (nSPS) is 15.0. The molecule has 1 aromatic carbocycles. The van der Waals surface area contributed by atoms with Gasteiger partial charge in [0.25, 0.3) is 0 Å². The summed E-state index contributed by atoms with van der Waals surface area (Å²) in [5.74, 6) is -0.00555. The summed E-state index contributed by atoms with van der Waals surface area (Å²) in [5, 5.41) is 11.9. The number of carbonyl (C=O) groups is 1. The Balaban J connectivity index is 1.88. The number of nitrogens with one attached hydrogen (secondary N) is 1. The molecule has 0 heterocycles. The molecule has 0 aromatic heterocycles. The number of rotatable bonds is 8. The van der Waals surface area contributed by atoms with Crippen LogP contribution in [0.5, 0.6) is 0 Å². The fraction of sp³-hybridized carbons (Fsp3) is 0.562. The van der Waals surface area contributed by atoms with Gasteiger partial charge in [-0.15, -0.1) is 0 Å². The molecular weight excluding hydrogens is 266 g/mol. The number of aliphatic hydroxyl groups excluding tert-OH is 1. The lowest BCUT2D eigenvalue weighted by Crippen LogP contribution is -2.45. The molecule has 5 nitrogen and oxygen atoms in total. The van der Waals surface area contributed by atoms with Gasteiger partial charge >= 0.3 is 0 Å². The first-order chi connectivity index (χ1) is 10.2. The molecule has 0 atom stereocenters. The van der Waals surface area contributed by atoms with Crippen LogP contribution in [0, 0.1) is 0 Å². The summed E-state index contributed by atoms with van der Waals surface area (Å²) in [7, 11) is 0. The molecule has 0 saturated heterocycles. The molecule has 1 saturated carbocycles. The number of anilines is 1. The van der Waals surface area contributed by atoms with Crippen LogP contribution in [0.2, 0.25) is 0 Å². The first-order valence-electron chi connectivity index (χ1n) is 7.66. The Hall–Kier alpha value is -1.43. The maximum absolute atomic E-state index is 12.2. The topological polar surface area (TPSA) is 78.6 Å².